The Morgan fingerprint density at radius 2 is 1.85 bits per heavy atom. The van der Waals surface area contributed by atoms with E-state index in [0.29, 0.717) is 4.68 Å². The molecule has 1 aromatic rings. The van der Waals surface area contributed by atoms with Gasteiger partial charge in [0, 0.05) is 6.07 Å². The molecule has 0 radical (unpaired) electrons. The van der Waals surface area contributed by atoms with Crippen LogP contribution in [0.4, 0.5) is 5.69 Å². The Balaban J connectivity index is 3.39. The maximum Gasteiger partial charge on any atom is 0.296 e. The topological polar surface area (TPSA) is 91.2 Å². The highest BCUT2D eigenvalue weighted by molar-refractivity contribution is 5.38. The summed E-state index contributed by atoms with van der Waals surface area (Å²) in [6.45, 7) is 2.79. The Kier molecular flexibility index (Phi) is 2.01. The molecule has 0 unspecified atom stereocenters. The van der Waals surface area contributed by atoms with Gasteiger partial charge >= 0.3 is 0 Å². The van der Waals surface area contributed by atoms with Crippen LogP contribution in [0.1, 0.15) is 11.4 Å². The smallest absolute Gasteiger partial charge is 0.258 e. The highest BCUT2D eigenvalue weighted by Crippen LogP contribution is 2.21. The number of rotatable bonds is 2. The fourth-order valence-electron chi connectivity index (χ4n) is 1.17. The molecule has 0 saturated heterocycles. The molecule has 0 aliphatic carbocycles. The first-order valence-corrected chi connectivity index (χ1v) is 3.43. The average Bonchev–Trinajstić information content (AvgIpc) is 2.26. The first kappa shape index (κ1) is 9.17. The summed E-state index contributed by atoms with van der Waals surface area (Å²) in [5.74, 6) is 0. The first-order valence-electron chi connectivity index (χ1n) is 3.43. The lowest BCUT2D eigenvalue weighted by molar-refractivity contribution is -0.544. The second-order valence-corrected chi connectivity index (χ2v) is 2.56. The van der Waals surface area contributed by atoms with Gasteiger partial charge in [-0.25, -0.2) is 10.1 Å². The molecular weight excluding hydrogens is 178 g/mol. The van der Waals surface area contributed by atoms with E-state index < -0.39 is 9.96 Å². The van der Waals surface area contributed by atoms with Crippen LogP contribution in [0, 0.1) is 34.1 Å². The van der Waals surface area contributed by atoms with Crippen molar-refractivity contribution in [1.29, 1.82) is 0 Å². The van der Waals surface area contributed by atoms with Crippen molar-refractivity contribution in [2.45, 2.75) is 13.8 Å². The molecule has 1 aromatic heterocycles. The number of aryl methyl sites for hydroxylation is 1. The molecule has 7 nitrogen and oxygen atoms in total. The molecule has 0 spiro atoms. The van der Waals surface area contributed by atoms with Crippen LogP contribution in [0.2, 0.25) is 0 Å². The summed E-state index contributed by atoms with van der Waals surface area (Å²) in [5, 5.41) is 20.1. The molecule has 7 heteroatoms. The van der Waals surface area contributed by atoms with Crippen LogP contribution in [0.25, 0.3) is 0 Å². The SMILES string of the molecule is Cc1cc([N+](=O)[O-])c(C)n1[N+](=O)[O-]. The van der Waals surface area contributed by atoms with E-state index in [-0.39, 0.29) is 17.1 Å². The molecule has 0 saturated carbocycles. The lowest BCUT2D eigenvalue weighted by Gasteiger charge is -1.94. The number of hydrogen-bond acceptors (Lipinski definition) is 4. The normalized spacial score (nSPS) is 10.0. The van der Waals surface area contributed by atoms with Crippen LogP contribution < -0.4 is 0 Å². The standard InChI is InChI=1S/C6H7N3O4/c1-4-3-6(8(10)11)5(2)7(4)9(12)13/h3H,1-2H3. The van der Waals surface area contributed by atoms with Crippen molar-refractivity contribution < 1.29 is 9.96 Å². The van der Waals surface area contributed by atoms with Gasteiger partial charge in [-0.1, -0.05) is 4.68 Å². The first-order chi connectivity index (χ1) is 5.95. The van der Waals surface area contributed by atoms with Gasteiger partial charge in [-0.2, -0.15) is 0 Å². The molecule has 1 rings (SSSR count). The zero-order valence-corrected chi connectivity index (χ0v) is 7.05. The fraction of sp³-hybridized carbons (Fsp3) is 0.333. The van der Waals surface area contributed by atoms with E-state index in [4.69, 9.17) is 0 Å². The van der Waals surface area contributed by atoms with E-state index in [0.717, 1.165) is 0 Å². The molecule has 70 valence electrons. The molecule has 0 bridgehead atoms. The van der Waals surface area contributed by atoms with Crippen LogP contribution in [0.3, 0.4) is 0 Å². The summed E-state index contributed by atoms with van der Waals surface area (Å²) < 4.78 is 0.693. The number of hydrogen-bond donors (Lipinski definition) is 0. The number of nitro groups is 2. The third-order valence-electron chi connectivity index (χ3n) is 1.73. The monoisotopic (exact) mass is 185 g/mol. The lowest BCUT2D eigenvalue weighted by atomic mass is 10.4. The molecule has 0 aromatic carbocycles. The quantitative estimate of drug-likeness (QED) is 0.508. The molecule has 0 N–H and O–H groups in total. The van der Waals surface area contributed by atoms with Crippen LogP contribution in [-0.2, 0) is 0 Å². The third-order valence-corrected chi connectivity index (χ3v) is 1.73. The predicted octanol–water partition coefficient (Wildman–Crippen LogP) is 1.05. The van der Waals surface area contributed by atoms with Gasteiger partial charge < -0.3 is 0 Å². The minimum absolute atomic E-state index is 0.0347. The van der Waals surface area contributed by atoms with E-state index in [1.165, 1.54) is 19.9 Å². The Labute approximate surface area is 72.9 Å². The van der Waals surface area contributed by atoms with Gasteiger partial charge in [0.15, 0.2) is 10.7 Å². The van der Waals surface area contributed by atoms with Gasteiger partial charge in [0.25, 0.3) is 5.69 Å². The molecule has 0 atom stereocenters. The Bertz CT molecular complexity index is 381. The van der Waals surface area contributed by atoms with Crippen molar-refractivity contribution in [3.63, 3.8) is 0 Å². The Morgan fingerprint density at radius 1 is 1.31 bits per heavy atom. The molecule has 1 heterocycles. The summed E-state index contributed by atoms with van der Waals surface area (Å²) in [7, 11) is 0. The number of aromatic nitrogens is 1. The maximum atomic E-state index is 10.4. The second kappa shape index (κ2) is 2.85. The van der Waals surface area contributed by atoms with Crippen molar-refractivity contribution in [3.8, 4) is 0 Å². The fourth-order valence-corrected chi connectivity index (χ4v) is 1.17. The third kappa shape index (κ3) is 1.35. The van der Waals surface area contributed by atoms with Crippen LogP contribution in [0.15, 0.2) is 6.07 Å². The van der Waals surface area contributed by atoms with Gasteiger partial charge in [-0.05, 0) is 13.8 Å². The van der Waals surface area contributed by atoms with Crippen molar-refractivity contribution >= 4 is 5.69 Å². The predicted molar refractivity (Wildman–Crippen MR) is 43.0 cm³/mol. The van der Waals surface area contributed by atoms with Gasteiger partial charge in [-0.3, -0.25) is 10.1 Å². The van der Waals surface area contributed by atoms with Gasteiger partial charge in [0.2, 0.25) is 0 Å². The van der Waals surface area contributed by atoms with Crippen molar-refractivity contribution in [1.82, 2.24) is 4.68 Å². The molecule has 0 aliphatic rings. The van der Waals surface area contributed by atoms with Crippen LogP contribution in [-0.4, -0.2) is 14.6 Å². The van der Waals surface area contributed by atoms with E-state index in [1.54, 1.807) is 0 Å². The largest absolute Gasteiger partial charge is 0.296 e. The molecule has 0 amide bonds. The molecule has 13 heavy (non-hydrogen) atoms. The molecule has 0 aliphatic heterocycles. The minimum atomic E-state index is -0.683. The molecule has 0 fully saturated rings. The van der Waals surface area contributed by atoms with E-state index in [2.05, 4.69) is 0 Å². The summed E-state index contributed by atoms with van der Waals surface area (Å²) in [5.41, 5.74) is 0.0518. The van der Waals surface area contributed by atoms with Crippen LogP contribution >= 0.6 is 0 Å². The maximum absolute atomic E-state index is 10.4. The summed E-state index contributed by atoms with van der Waals surface area (Å²) in [4.78, 5) is 20.2. The highest BCUT2D eigenvalue weighted by Gasteiger charge is 2.23. The lowest BCUT2D eigenvalue weighted by Crippen LogP contribution is -2.11. The zero-order valence-electron chi connectivity index (χ0n) is 7.05. The van der Waals surface area contributed by atoms with Gasteiger partial charge in [0.1, 0.15) is 0 Å². The average molecular weight is 185 g/mol. The summed E-state index contributed by atoms with van der Waals surface area (Å²) in [6.07, 6.45) is 0. The minimum Gasteiger partial charge on any atom is -0.258 e. The molecular formula is C6H7N3O4. The summed E-state index contributed by atoms with van der Waals surface area (Å²) >= 11 is 0. The van der Waals surface area contributed by atoms with Crippen LogP contribution in [0.5, 0.6) is 0 Å². The summed E-state index contributed by atoms with van der Waals surface area (Å²) in [6, 6.07) is 1.18. The van der Waals surface area contributed by atoms with Crippen molar-refractivity contribution in [2.75, 3.05) is 0 Å². The zero-order chi connectivity index (χ0) is 10.2. The van der Waals surface area contributed by atoms with Gasteiger partial charge in [-0.15, -0.1) is 0 Å². The van der Waals surface area contributed by atoms with Crippen molar-refractivity contribution in [3.05, 3.63) is 37.7 Å². The highest BCUT2D eigenvalue weighted by atomic mass is 16.7. The Morgan fingerprint density at radius 3 is 2.08 bits per heavy atom. The number of nitrogens with zero attached hydrogens (tertiary/aromatic N) is 3. The van der Waals surface area contributed by atoms with Crippen molar-refractivity contribution in [2.24, 2.45) is 0 Å². The second-order valence-electron chi connectivity index (χ2n) is 2.56. The van der Waals surface area contributed by atoms with E-state index in [9.17, 15) is 20.2 Å². The Hall–Kier alpha value is -1.92. The van der Waals surface area contributed by atoms with E-state index >= 15 is 0 Å². The van der Waals surface area contributed by atoms with Gasteiger partial charge in [0.05, 0.1) is 10.6 Å². The van der Waals surface area contributed by atoms with E-state index in [1.807, 2.05) is 0 Å².